The van der Waals surface area contributed by atoms with Crippen molar-refractivity contribution in [3.8, 4) is 0 Å². The van der Waals surface area contributed by atoms with Crippen molar-refractivity contribution in [2.24, 2.45) is 0 Å². The highest BCUT2D eigenvalue weighted by atomic mass is 79.9. The molecule has 0 fully saturated rings. The van der Waals surface area contributed by atoms with E-state index in [-0.39, 0.29) is 0 Å². The van der Waals surface area contributed by atoms with Gasteiger partial charge in [0.2, 0.25) is 0 Å². The molecule has 0 aliphatic carbocycles. The van der Waals surface area contributed by atoms with Gasteiger partial charge in [-0.1, -0.05) is 18.5 Å². The number of hydrogen-bond acceptors (Lipinski definition) is 3. The van der Waals surface area contributed by atoms with Crippen LogP contribution >= 0.6 is 27.5 Å². The van der Waals surface area contributed by atoms with Crippen LogP contribution in [0.4, 0.5) is 0 Å². The topological polar surface area (TPSA) is 35.0 Å². The number of rotatable bonds is 4. The molecule has 0 atom stereocenters. The Morgan fingerprint density at radius 1 is 1.43 bits per heavy atom. The van der Waals surface area contributed by atoms with E-state index in [1.807, 2.05) is 6.92 Å². The van der Waals surface area contributed by atoms with Gasteiger partial charge in [-0.25, -0.2) is 9.97 Å². The molecule has 0 saturated heterocycles. The van der Waals surface area contributed by atoms with E-state index >= 15 is 0 Å². The predicted octanol–water partition coefficient (Wildman–Crippen LogP) is 3.13. The van der Waals surface area contributed by atoms with Crippen LogP contribution in [0.2, 0.25) is 5.15 Å². The van der Waals surface area contributed by atoms with Gasteiger partial charge in [0.25, 0.3) is 0 Å². The third-order valence-electron chi connectivity index (χ3n) is 1.60. The van der Waals surface area contributed by atoms with Gasteiger partial charge in [-0.15, -0.1) is 0 Å². The molecule has 78 valence electrons. The molecule has 5 heteroatoms. The van der Waals surface area contributed by atoms with Crippen LogP contribution in [-0.2, 0) is 11.3 Å². The normalized spacial score (nSPS) is 10.6. The van der Waals surface area contributed by atoms with Crippen molar-refractivity contribution >= 4 is 27.5 Å². The molecule has 1 aromatic rings. The summed E-state index contributed by atoms with van der Waals surface area (Å²) in [7, 11) is 0. The largest absolute Gasteiger partial charge is 0.373 e. The maximum Gasteiger partial charge on any atom is 0.156 e. The van der Waals surface area contributed by atoms with Gasteiger partial charge in [-0.3, -0.25) is 0 Å². The average molecular weight is 280 g/mol. The fourth-order valence-corrected chi connectivity index (χ4v) is 1.36. The zero-order chi connectivity index (χ0) is 10.6. The molecular weight excluding hydrogens is 267 g/mol. The Morgan fingerprint density at radius 2 is 2.14 bits per heavy atom. The predicted molar refractivity (Wildman–Crippen MR) is 59.4 cm³/mol. The first-order chi connectivity index (χ1) is 6.65. The average Bonchev–Trinajstić information content (AvgIpc) is 2.14. The van der Waals surface area contributed by atoms with Crippen LogP contribution in [0.3, 0.4) is 0 Å². The van der Waals surface area contributed by atoms with Crippen LogP contribution in [0.1, 0.15) is 24.9 Å². The highest BCUT2D eigenvalue weighted by molar-refractivity contribution is 9.10. The van der Waals surface area contributed by atoms with Gasteiger partial charge in [0.1, 0.15) is 11.8 Å². The lowest BCUT2D eigenvalue weighted by Crippen LogP contribution is -2.02. The Hall–Kier alpha value is -0.190. The minimum atomic E-state index is 0.418. The van der Waals surface area contributed by atoms with Crippen LogP contribution < -0.4 is 0 Å². The third kappa shape index (κ3) is 3.19. The standard InChI is InChI=1S/C9H12BrClN2O/c1-3-4-14-5-7-12-6(2)8(10)9(11)13-7/h3-5H2,1-2H3. The second kappa shape index (κ2) is 5.63. The molecular formula is C9H12BrClN2O. The molecule has 3 nitrogen and oxygen atoms in total. The van der Waals surface area contributed by atoms with Crippen LogP contribution in [0.15, 0.2) is 4.47 Å². The zero-order valence-electron chi connectivity index (χ0n) is 8.18. The summed E-state index contributed by atoms with van der Waals surface area (Å²) in [5.74, 6) is 0.629. The Labute approximate surface area is 97.0 Å². The molecule has 14 heavy (non-hydrogen) atoms. The molecule has 0 aromatic carbocycles. The summed E-state index contributed by atoms with van der Waals surface area (Å²) in [4.78, 5) is 8.33. The molecule has 0 aliphatic rings. The molecule has 1 aromatic heterocycles. The van der Waals surface area contributed by atoms with E-state index in [9.17, 15) is 0 Å². The van der Waals surface area contributed by atoms with E-state index in [2.05, 4.69) is 32.8 Å². The lowest BCUT2D eigenvalue weighted by molar-refractivity contribution is 0.116. The SMILES string of the molecule is CCCOCc1nc(C)c(Br)c(Cl)n1. The molecule has 0 saturated carbocycles. The van der Waals surface area contributed by atoms with Gasteiger partial charge in [-0.05, 0) is 29.3 Å². The number of hydrogen-bond donors (Lipinski definition) is 0. The lowest BCUT2D eigenvalue weighted by atomic mass is 10.4. The van der Waals surface area contributed by atoms with Crippen molar-refractivity contribution in [2.75, 3.05) is 6.61 Å². The summed E-state index contributed by atoms with van der Waals surface area (Å²) < 4.78 is 6.07. The molecule has 0 unspecified atom stereocenters. The zero-order valence-corrected chi connectivity index (χ0v) is 10.5. The number of nitrogens with zero attached hydrogens (tertiary/aromatic N) is 2. The van der Waals surface area contributed by atoms with Crippen LogP contribution in [-0.4, -0.2) is 16.6 Å². The fraction of sp³-hybridized carbons (Fsp3) is 0.556. The molecule has 0 radical (unpaired) electrons. The number of aromatic nitrogens is 2. The highest BCUT2D eigenvalue weighted by Crippen LogP contribution is 2.22. The van der Waals surface area contributed by atoms with Crippen LogP contribution in [0.5, 0.6) is 0 Å². The first kappa shape index (κ1) is 11.9. The third-order valence-corrected chi connectivity index (χ3v) is 3.05. The summed E-state index contributed by atoms with van der Waals surface area (Å²) in [5, 5.41) is 0.438. The summed E-state index contributed by atoms with van der Waals surface area (Å²) >= 11 is 9.18. The van der Waals surface area contributed by atoms with Gasteiger partial charge in [0, 0.05) is 6.61 Å². The highest BCUT2D eigenvalue weighted by Gasteiger charge is 2.06. The van der Waals surface area contributed by atoms with Gasteiger partial charge in [-0.2, -0.15) is 0 Å². The van der Waals surface area contributed by atoms with E-state index in [4.69, 9.17) is 16.3 Å². The molecule has 0 bridgehead atoms. The van der Waals surface area contributed by atoms with Crippen molar-refractivity contribution < 1.29 is 4.74 Å². The summed E-state index contributed by atoms with van der Waals surface area (Å²) in [5.41, 5.74) is 0.833. The van der Waals surface area contributed by atoms with Gasteiger partial charge in [0.15, 0.2) is 5.82 Å². The maximum atomic E-state index is 5.88. The van der Waals surface area contributed by atoms with E-state index in [1.54, 1.807) is 0 Å². The second-order valence-electron chi connectivity index (χ2n) is 2.88. The Balaban J connectivity index is 2.69. The quantitative estimate of drug-likeness (QED) is 0.627. The fourth-order valence-electron chi connectivity index (χ4n) is 0.952. The maximum absolute atomic E-state index is 5.88. The first-order valence-corrected chi connectivity index (χ1v) is 5.58. The number of halogens is 2. The smallest absolute Gasteiger partial charge is 0.156 e. The van der Waals surface area contributed by atoms with Gasteiger partial charge in [0.05, 0.1) is 10.2 Å². The summed E-state index contributed by atoms with van der Waals surface area (Å²) in [6.45, 7) is 5.07. The van der Waals surface area contributed by atoms with Gasteiger partial charge >= 0.3 is 0 Å². The molecule has 0 amide bonds. The van der Waals surface area contributed by atoms with E-state index in [1.165, 1.54) is 0 Å². The Bertz CT molecular complexity index is 297. The molecule has 0 spiro atoms. The second-order valence-corrected chi connectivity index (χ2v) is 4.03. The Kier molecular flexibility index (Phi) is 4.78. The first-order valence-electron chi connectivity index (χ1n) is 4.41. The summed E-state index contributed by atoms with van der Waals surface area (Å²) in [6.07, 6.45) is 0.989. The van der Waals surface area contributed by atoms with Crippen molar-refractivity contribution in [2.45, 2.75) is 26.9 Å². The van der Waals surface area contributed by atoms with E-state index in [0.29, 0.717) is 17.6 Å². The number of ether oxygens (including phenoxy) is 1. The molecule has 0 N–H and O–H groups in total. The Morgan fingerprint density at radius 3 is 2.71 bits per heavy atom. The minimum absolute atomic E-state index is 0.418. The number of aryl methyl sites for hydroxylation is 1. The molecule has 1 heterocycles. The lowest BCUT2D eigenvalue weighted by Gasteiger charge is -2.05. The molecule has 0 aliphatic heterocycles. The van der Waals surface area contributed by atoms with Crippen molar-refractivity contribution in [1.29, 1.82) is 0 Å². The van der Waals surface area contributed by atoms with Crippen LogP contribution in [0, 0.1) is 6.92 Å². The van der Waals surface area contributed by atoms with Crippen molar-refractivity contribution in [1.82, 2.24) is 9.97 Å². The molecule has 1 rings (SSSR count). The van der Waals surface area contributed by atoms with E-state index < -0.39 is 0 Å². The monoisotopic (exact) mass is 278 g/mol. The van der Waals surface area contributed by atoms with E-state index in [0.717, 1.165) is 23.2 Å². The van der Waals surface area contributed by atoms with Crippen molar-refractivity contribution in [3.63, 3.8) is 0 Å². The van der Waals surface area contributed by atoms with Gasteiger partial charge < -0.3 is 4.74 Å². The summed E-state index contributed by atoms with van der Waals surface area (Å²) in [6, 6.07) is 0. The van der Waals surface area contributed by atoms with Crippen molar-refractivity contribution in [3.05, 3.63) is 21.1 Å². The van der Waals surface area contributed by atoms with Crippen LogP contribution in [0.25, 0.3) is 0 Å². The minimum Gasteiger partial charge on any atom is -0.373 e.